The van der Waals surface area contributed by atoms with Gasteiger partial charge in [0.25, 0.3) is 11.8 Å². The summed E-state index contributed by atoms with van der Waals surface area (Å²) in [5.74, 6) is -0.589. The Morgan fingerprint density at radius 1 is 0.538 bits per heavy atom. The van der Waals surface area contributed by atoms with Crippen molar-refractivity contribution in [3.63, 3.8) is 0 Å². The van der Waals surface area contributed by atoms with Crippen molar-refractivity contribution >= 4 is 91.9 Å². The molecule has 0 radical (unpaired) electrons. The van der Waals surface area contributed by atoms with E-state index >= 15 is 0 Å². The van der Waals surface area contributed by atoms with Gasteiger partial charge in [0.05, 0.1) is 17.1 Å². The highest BCUT2D eigenvalue weighted by Crippen LogP contribution is 2.51. The average molecular weight is 590 g/mol. The predicted octanol–water partition coefficient (Wildman–Crippen LogP) is 9.56. The molecule has 0 saturated carbocycles. The van der Waals surface area contributed by atoms with Gasteiger partial charge in [-0.05, 0) is 66.0 Å². The molecule has 2 heterocycles. The summed E-state index contributed by atoms with van der Waals surface area (Å²) in [6.45, 7) is 0. The molecule has 0 spiro atoms. The summed E-state index contributed by atoms with van der Waals surface area (Å²) in [6.07, 6.45) is 0. The summed E-state index contributed by atoms with van der Waals surface area (Å²) in [5, 5.41) is 1.63. The lowest BCUT2D eigenvalue weighted by atomic mass is 9.94. The van der Waals surface area contributed by atoms with E-state index in [0.717, 1.165) is 27.8 Å². The molecule has 39 heavy (non-hydrogen) atoms. The molecule has 0 saturated heterocycles. The van der Waals surface area contributed by atoms with E-state index in [1.807, 2.05) is 72.8 Å². The summed E-state index contributed by atoms with van der Waals surface area (Å²) in [6, 6.07) is 35.5. The number of nitrogens with zero attached hydrogens (tertiary/aromatic N) is 2. The van der Waals surface area contributed by atoms with Crippen molar-refractivity contribution in [3.05, 3.63) is 120 Å². The molecule has 5 aromatic carbocycles. The van der Waals surface area contributed by atoms with Crippen molar-refractivity contribution < 1.29 is 9.59 Å². The van der Waals surface area contributed by atoms with Crippen LogP contribution in [0.25, 0.3) is 10.8 Å². The Labute approximate surface area is 244 Å². The molecule has 2 aliphatic rings. The molecule has 0 N–H and O–H groups in total. The zero-order valence-electron chi connectivity index (χ0n) is 20.2. The lowest BCUT2D eigenvalue weighted by Crippen LogP contribution is -2.40. The van der Waals surface area contributed by atoms with E-state index in [9.17, 15) is 9.59 Å². The lowest BCUT2D eigenvalue weighted by Gasteiger charge is -2.33. The molecule has 2 amide bonds. The van der Waals surface area contributed by atoms with Gasteiger partial charge in [0.15, 0.2) is 4.30 Å². The Bertz CT molecular complexity index is 1640. The summed E-state index contributed by atoms with van der Waals surface area (Å²) >= 11 is 16.2. The van der Waals surface area contributed by atoms with Gasteiger partial charge in [-0.25, -0.2) is 4.90 Å². The van der Waals surface area contributed by atoms with Gasteiger partial charge in [0.2, 0.25) is 0 Å². The van der Waals surface area contributed by atoms with Crippen molar-refractivity contribution in [2.75, 3.05) is 9.80 Å². The van der Waals surface area contributed by atoms with Gasteiger partial charge in [-0.15, -0.1) is 0 Å². The molecular formula is C31H19Cl3N2O2S. The van der Waals surface area contributed by atoms with Gasteiger partial charge in [-0.3, -0.25) is 9.59 Å². The fourth-order valence-corrected chi connectivity index (χ4v) is 6.06. The highest BCUT2D eigenvalue weighted by atomic mass is 35.6. The molecule has 4 nitrogen and oxygen atoms in total. The fraction of sp³-hybridized carbons (Fsp3) is 0.0323. The number of halogens is 3. The third kappa shape index (κ3) is 4.66. The third-order valence-corrected chi connectivity index (χ3v) is 7.70. The molecule has 0 fully saturated rings. The molecular weight excluding hydrogens is 571 g/mol. The van der Waals surface area contributed by atoms with Gasteiger partial charge < -0.3 is 4.90 Å². The van der Waals surface area contributed by atoms with Gasteiger partial charge in [-0.1, -0.05) is 95.1 Å². The minimum Gasteiger partial charge on any atom is -0.308 e. The first-order chi connectivity index (χ1) is 18.9. The maximum atomic E-state index is 13.4. The van der Waals surface area contributed by atoms with Gasteiger partial charge in [0, 0.05) is 32.0 Å². The van der Waals surface area contributed by atoms with Crippen LogP contribution in [0.4, 0.5) is 22.7 Å². The van der Waals surface area contributed by atoms with E-state index in [0.29, 0.717) is 16.8 Å². The van der Waals surface area contributed by atoms with E-state index in [1.54, 1.807) is 23.9 Å². The molecule has 0 atom stereocenters. The van der Waals surface area contributed by atoms with Crippen LogP contribution in [-0.4, -0.2) is 16.1 Å². The minimum absolute atomic E-state index is 0.294. The first-order valence-corrected chi connectivity index (χ1v) is 14.2. The highest BCUT2D eigenvalue weighted by Gasteiger charge is 2.34. The average Bonchev–Trinajstić information content (AvgIpc) is 2.95. The number of fused-ring (bicyclic) bond motifs is 2. The van der Waals surface area contributed by atoms with E-state index < -0.39 is 4.30 Å². The standard InChI is InChI=1S/C30H18N2O2S.CHCl3/c33-29-22-9-5-7-19-8-6-10-23(28(19)22)30(34)32(29)21-17-15-20(16-18-21)31-24-11-1-3-13-26(24)35-27-14-4-2-12-25(27)31;2-1(3)4/h1-18H;1H. The van der Waals surface area contributed by atoms with E-state index in [-0.39, 0.29) is 11.8 Å². The quantitative estimate of drug-likeness (QED) is 0.149. The van der Waals surface area contributed by atoms with Crippen molar-refractivity contribution in [2.45, 2.75) is 14.1 Å². The second-order valence-corrected chi connectivity index (χ2v) is 11.9. The number of imide groups is 1. The molecule has 8 heteroatoms. The lowest BCUT2D eigenvalue weighted by molar-refractivity contribution is 0.0893. The van der Waals surface area contributed by atoms with Gasteiger partial charge >= 0.3 is 0 Å². The number of carbonyl (C=O) groups excluding carboxylic acids is 2. The van der Waals surface area contributed by atoms with Crippen molar-refractivity contribution in [3.8, 4) is 0 Å². The number of para-hydroxylation sites is 2. The minimum atomic E-state index is -0.750. The van der Waals surface area contributed by atoms with Crippen LogP contribution in [-0.2, 0) is 0 Å². The summed E-state index contributed by atoms with van der Waals surface area (Å²) < 4.78 is -0.750. The number of alkyl halides is 3. The second-order valence-electron chi connectivity index (χ2n) is 8.79. The zero-order chi connectivity index (χ0) is 27.1. The Morgan fingerprint density at radius 2 is 0.974 bits per heavy atom. The molecule has 2 aliphatic heterocycles. The van der Waals surface area contributed by atoms with Crippen LogP contribution in [0.2, 0.25) is 0 Å². The number of rotatable bonds is 2. The Balaban J connectivity index is 0.000000650. The van der Waals surface area contributed by atoms with Crippen molar-refractivity contribution in [1.29, 1.82) is 0 Å². The zero-order valence-corrected chi connectivity index (χ0v) is 23.3. The summed E-state index contributed by atoms with van der Waals surface area (Å²) in [5.41, 5.74) is 4.84. The monoisotopic (exact) mass is 588 g/mol. The Hall–Kier alpha value is -3.48. The first-order valence-electron chi connectivity index (χ1n) is 12.0. The summed E-state index contributed by atoms with van der Waals surface area (Å²) in [4.78, 5) is 32.7. The number of hydrogen-bond acceptors (Lipinski definition) is 4. The number of carbonyl (C=O) groups is 2. The number of hydrogen-bond donors (Lipinski definition) is 0. The van der Waals surface area contributed by atoms with Gasteiger partial charge in [-0.2, -0.15) is 0 Å². The van der Waals surface area contributed by atoms with E-state index in [2.05, 4.69) is 29.2 Å². The van der Waals surface area contributed by atoms with Crippen LogP contribution in [0.3, 0.4) is 0 Å². The van der Waals surface area contributed by atoms with Crippen LogP contribution in [0.15, 0.2) is 119 Å². The molecule has 0 aromatic heterocycles. The molecule has 0 aliphatic carbocycles. The fourth-order valence-electron chi connectivity index (χ4n) is 5.00. The summed E-state index contributed by atoms with van der Waals surface area (Å²) in [7, 11) is 0. The smallest absolute Gasteiger partial charge is 0.265 e. The highest BCUT2D eigenvalue weighted by molar-refractivity contribution is 7.99. The van der Waals surface area contributed by atoms with Crippen molar-refractivity contribution in [2.24, 2.45) is 0 Å². The molecule has 0 bridgehead atoms. The molecule has 7 rings (SSSR count). The molecule has 192 valence electrons. The Morgan fingerprint density at radius 3 is 1.46 bits per heavy atom. The predicted molar refractivity (Wildman–Crippen MR) is 162 cm³/mol. The van der Waals surface area contributed by atoms with Crippen molar-refractivity contribution in [1.82, 2.24) is 0 Å². The number of amides is 2. The maximum absolute atomic E-state index is 13.4. The van der Waals surface area contributed by atoms with Gasteiger partial charge in [0.1, 0.15) is 0 Å². The largest absolute Gasteiger partial charge is 0.308 e. The topological polar surface area (TPSA) is 40.6 Å². The van der Waals surface area contributed by atoms with E-state index in [4.69, 9.17) is 34.8 Å². The Kier molecular flexibility index (Phi) is 7.00. The molecule has 0 unspecified atom stereocenters. The maximum Gasteiger partial charge on any atom is 0.265 e. The van der Waals surface area contributed by atoms with Crippen LogP contribution < -0.4 is 9.80 Å². The number of benzene rings is 5. The first kappa shape index (κ1) is 25.8. The molecule has 5 aromatic rings. The number of anilines is 4. The second kappa shape index (κ2) is 10.6. The normalized spacial score (nSPS) is 13.6. The SMILES string of the molecule is ClC(Cl)Cl.O=C1c2cccc3cccc(c23)C(=O)N1c1ccc(N2c3ccccc3Sc3ccccc32)cc1. The van der Waals surface area contributed by atoms with Crippen LogP contribution in [0.5, 0.6) is 0 Å². The third-order valence-electron chi connectivity index (χ3n) is 6.57. The van der Waals surface area contributed by atoms with Crippen LogP contribution >= 0.6 is 46.6 Å². The van der Waals surface area contributed by atoms with Crippen LogP contribution in [0.1, 0.15) is 20.7 Å². The van der Waals surface area contributed by atoms with Crippen LogP contribution in [0, 0.1) is 0 Å². The van der Waals surface area contributed by atoms with E-state index in [1.165, 1.54) is 14.7 Å².